The van der Waals surface area contributed by atoms with E-state index >= 15 is 0 Å². The molecule has 3 heterocycles. The minimum atomic E-state index is -0.460. The van der Waals surface area contributed by atoms with Crippen molar-refractivity contribution in [2.45, 2.75) is 18.9 Å². The number of nitrogens with one attached hydrogen (secondary N) is 1. The Balaban J connectivity index is 1.34. The van der Waals surface area contributed by atoms with Gasteiger partial charge in [-0.25, -0.2) is 4.39 Å². The van der Waals surface area contributed by atoms with Gasteiger partial charge in [-0.2, -0.15) is 0 Å². The number of nitrogens with zero attached hydrogens (tertiary/aromatic N) is 4. The van der Waals surface area contributed by atoms with Crippen LogP contribution < -0.4 is 4.90 Å². The Hall–Kier alpha value is -2.37. The number of pyridine rings is 1. The van der Waals surface area contributed by atoms with Crippen LogP contribution in [0.15, 0.2) is 54.5 Å². The predicted molar refractivity (Wildman–Crippen MR) is 152 cm³/mol. The Labute approximate surface area is 219 Å². The summed E-state index contributed by atoms with van der Waals surface area (Å²) in [5, 5.41) is 10.1. The summed E-state index contributed by atoms with van der Waals surface area (Å²) in [5.74, 6) is 1.31. The fourth-order valence-corrected chi connectivity index (χ4v) is 5.83. The molecular weight excluding hydrogens is 492 g/mol. The van der Waals surface area contributed by atoms with Crippen LogP contribution in [-0.2, 0) is 0 Å². The molecule has 5 rings (SSSR count). The van der Waals surface area contributed by atoms with E-state index in [4.69, 9.17) is 22.0 Å². The van der Waals surface area contributed by atoms with Crippen LogP contribution in [0.3, 0.4) is 0 Å². The molecule has 5 nitrogen and oxygen atoms in total. The lowest BCUT2D eigenvalue weighted by Gasteiger charge is -2.42. The zero-order valence-electron chi connectivity index (χ0n) is 20.6. The molecule has 2 saturated heterocycles. The average Bonchev–Trinajstić information content (AvgIpc) is 2.90. The molecule has 2 aliphatic heterocycles. The van der Waals surface area contributed by atoms with Crippen molar-refractivity contribution < 1.29 is 4.39 Å². The van der Waals surface area contributed by atoms with E-state index in [1.54, 1.807) is 5.82 Å². The van der Waals surface area contributed by atoms with E-state index in [1.807, 2.05) is 24.4 Å². The third-order valence-corrected chi connectivity index (χ3v) is 8.06. The van der Waals surface area contributed by atoms with Crippen molar-refractivity contribution in [1.29, 1.82) is 5.41 Å². The molecule has 0 amide bonds. The van der Waals surface area contributed by atoms with E-state index in [2.05, 4.69) is 37.1 Å². The molecule has 188 valence electrons. The molecule has 0 aliphatic carbocycles. The van der Waals surface area contributed by atoms with Gasteiger partial charge in [0, 0.05) is 66.9 Å². The highest BCUT2D eigenvalue weighted by Gasteiger charge is 2.27. The largest absolute Gasteiger partial charge is 0.370 e. The molecule has 1 unspecified atom stereocenters. The number of piperidine rings is 1. The highest BCUT2D eigenvalue weighted by Crippen LogP contribution is 2.30. The molecule has 0 spiro atoms. The fraction of sp³-hybridized carbons (Fsp3) is 0.357. The van der Waals surface area contributed by atoms with Gasteiger partial charge in [0.2, 0.25) is 0 Å². The van der Waals surface area contributed by atoms with Crippen molar-refractivity contribution in [3.05, 3.63) is 76.4 Å². The van der Waals surface area contributed by atoms with Crippen molar-refractivity contribution >= 4 is 48.7 Å². The molecule has 36 heavy (non-hydrogen) atoms. The van der Waals surface area contributed by atoms with E-state index in [0.717, 1.165) is 48.3 Å². The van der Waals surface area contributed by atoms with Crippen molar-refractivity contribution in [1.82, 2.24) is 14.8 Å². The van der Waals surface area contributed by atoms with E-state index in [9.17, 15) is 4.39 Å². The molecule has 2 fully saturated rings. The Morgan fingerprint density at radius 2 is 1.81 bits per heavy atom. The molecule has 0 bridgehead atoms. The van der Waals surface area contributed by atoms with Crippen molar-refractivity contribution in [3.63, 3.8) is 0 Å². The highest BCUT2D eigenvalue weighted by molar-refractivity contribution is 7.21. The summed E-state index contributed by atoms with van der Waals surface area (Å²) in [6, 6.07) is 13.1. The quantitative estimate of drug-likeness (QED) is 0.353. The van der Waals surface area contributed by atoms with Gasteiger partial charge >= 0.3 is 0 Å². The first kappa shape index (κ1) is 25.3. The number of hydrogen-bond acceptors (Lipinski definition) is 5. The fourth-order valence-electron chi connectivity index (χ4n) is 5.29. The van der Waals surface area contributed by atoms with E-state index < -0.39 is 5.82 Å². The van der Waals surface area contributed by atoms with Crippen LogP contribution in [0.25, 0.3) is 16.5 Å². The van der Waals surface area contributed by atoms with Crippen molar-refractivity contribution in [2.75, 3.05) is 51.2 Å². The third kappa shape index (κ3) is 5.33. The maximum atomic E-state index is 14.5. The number of allylic oxidation sites excluding steroid dienone is 1. The normalized spacial score (nSPS) is 18.7. The van der Waals surface area contributed by atoms with E-state index in [-0.39, 0.29) is 11.3 Å². The molecule has 2 aromatic carbocycles. The van der Waals surface area contributed by atoms with Crippen LogP contribution in [-0.4, -0.2) is 72.9 Å². The summed E-state index contributed by atoms with van der Waals surface area (Å²) in [4.78, 5) is 12.2. The van der Waals surface area contributed by atoms with Gasteiger partial charge in [0.05, 0.1) is 23.1 Å². The number of hydrogen-bond donors (Lipinski definition) is 1. The summed E-state index contributed by atoms with van der Waals surface area (Å²) in [6.45, 7) is 6.71. The average molecular weight is 524 g/mol. The molecule has 1 atom stereocenters. The lowest BCUT2D eigenvalue weighted by atomic mass is 9.95. The zero-order chi connectivity index (χ0) is 25.2. The van der Waals surface area contributed by atoms with Crippen LogP contribution in [0.5, 0.6) is 0 Å². The van der Waals surface area contributed by atoms with Crippen LogP contribution in [0.1, 0.15) is 24.0 Å². The van der Waals surface area contributed by atoms with Crippen molar-refractivity contribution in [3.8, 4) is 0 Å². The Bertz CT molecular complexity index is 1300. The summed E-state index contributed by atoms with van der Waals surface area (Å²) in [5.41, 5.74) is 3.78. The van der Waals surface area contributed by atoms with Crippen molar-refractivity contribution in [2.24, 2.45) is 0 Å². The second kappa shape index (κ2) is 10.9. The standard InChI is InChI=1S/C28H32ClFN5P/c1-33-10-12-35(13-11-33)22-6-8-34(9-7-22)23-15-20-14-19(2-5-27(20)32-17-23)25(18-36)28(31)24-16-21(29)3-4-26(24)30/h2-5,14-18,22,31H,6-13,36H2,1H3/b25-18-,31-28?. The van der Waals surface area contributed by atoms with Gasteiger partial charge in [-0.15, -0.1) is 9.24 Å². The first-order valence-electron chi connectivity index (χ1n) is 12.5. The Morgan fingerprint density at radius 1 is 1.06 bits per heavy atom. The predicted octanol–water partition coefficient (Wildman–Crippen LogP) is 5.53. The Kier molecular flexibility index (Phi) is 7.68. The number of anilines is 1. The molecule has 2 aliphatic rings. The third-order valence-electron chi connectivity index (χ3n) is 7.50. The molecule has 1 aromatic heterocycles. The number of piperazine rings is 1. The Morgan fingerprint density at radius 3 is 2.53 bits per heavy atom. The highest BCUT2D eigenvalue weighted by atomic mass is 35.5. The van der Waals surface area contributed by atoms with Crippen LogP contribution in [0.2, 0.25) is 5.02 Å². The van der Waals surface area contributed by atoms with Gasteiger partial charge in [-0.1, -0.05) is 23.5 Å². The number of halogens is 2. The first-order valence-corrected chi connectivity index (χ1v) is 13.5. The van der Waals surface area contributed by atoms with E-state index in [0.29, 0.717) is 16.6 Å². The summed E-state index contributed by atoms with van der Waals surface area (Å²) in [7, 11) is 4.75. The van der Waals surface area contributed by atoms with Crippen LogP contribution >= 0.6 is 20.8 Å². The maximum Gasteiger partial charge on any atom is 0.132 e. The number of rotatable bonds is 5. The molecule has 8 heteroatoms. The topological polar surface area (TPSA) is 46.5 Å². The van der Waals surface area contributed by atoms with Gasteiger partial charge < -0.3 is 9.80 Å². The minimum absolute atomic E-state index is 0.0967. The van der Waals surface area contributed by atoms with Crippen LogP contribution in [0.4, 0.5) is 10.1 Å². The number of fused-ring (bicyclic) bond motifs is 1. The van der Waals surface area contributed by atoms with Gasteiger partial charge in [0.25, 0.3) is 0 Å². The molecular formula is C28H32ClFN5P. The zero-order valence-corrected chi connectivity index (χ0v) is 22.5. The smallest absolute Gasteiger partial charge is 0.132 e. The number of likely N-dealkylation sites (N-methyl/N-ethyl adjacent to an activating group) is 1. The summed E-state index contributed by atoms with van der Waals surface area (Å²) >= 11 is 6.08. The maximum absolute atomic E-state index is 14.5. The van der Waals surface area contributed by atoms with Crippen LogP contribution in [0, 0.1) is 11.2 Å². The molecule has 3 aromatic rings. The SMILES string of the molecule is CN1CCN(C2CCN(c3cnc4ccc(/C(=C/P)C(=N)c5cc(Cl)ccc5F)cc4c3)CC2)CC1. The second-order valence-corrected chi connectivity index (χ2v) is 10.5. The van der Waals surface area contributed by atoms with Gasteiger partial charge in [0.15, 0.2) is 0 Å². The molecule has 0 saturated carbocycles. The lowest BCUT2D eigenvalue weighted by Crippen LogP contribution is -2.52. The molecule has 0 radical (unpaired) electrons. The van der Waals surface area contributed by atoms with Gasteiger partial charge in [-0.3, -0.25) is 15.3 Å². The molecule has 1 N–H and O–H groups in total. The van der Waals surface area contributed by atoms with E-state index in [1.165, 1.54) is 44.1 Å². The monoisotopic (exact) mass is 523 g/mol. The number of aromatic nitrogens is 1. The van der Waals surface area contributed by atoms with Gasteiger partial charge in [0.1, 0.15) is 5.82 Å². The minimum Gasteiger partial charge on any atom is -0.370 e. The number of benzene rings is 2. The lowest BCUT2D eigenvalue weighted by molar-refractivity contribution is 0.0982. The first-order chi connectivity index (χ1) is 17.4. The summed E-state index contributed by atoms with van der Waals surface area (Å²) < 4.78 is 14.5. The summed E-state index contributed by atoms with van der Waals surface area (Å²) in [6.07, 6.45) is 4.31. The van der Waals surface area contributed by atoms with Gasteiger partial charge in [-0.05, 0) is 61.9 Å². The second-order valence-electron chi connectivity index (χ2n) is 9.74.